The fourth-order valence-electron chi connectivity index (χ4n) is 2.26. The second-order valence-electron chi connectivity index (χ2n) is 4.72. The average Bonchev–Trinajstić information content (AvgIpc) is 3.05. The van der Waals surface area contributed by atoms with E-state index in [1.165, 1.54) is 6.08 Å². The number of carboxylic acid groups (broad SMARTS) is 1. The minimum Gasteiger partial charge on any atom is -0.478 e. The van der Waals surface area contributed by atoms with Crippen molar-refractivity contribution in [2.75, 3.05) is 0 Å². The number of nitrogens with zero attached hydrogens (tertiary/aromatic N) is 1. The molecule has 1 aromatic heterocycles. The van der Waals surface area contributed by atoms with E-state index in [-0.39, 0.29) is 18.4 Å². The fourth-order valence-corrected chi connectivity index (χ4v) is 2.26. The van der Waals surface area contributed by atoms with Gasteiger partial charge in [0.1, 0.15) is 11.5 Å². The summed E-state index contributed by atoms with van der Waals surface area (Å²) < 4.78 is 5.40. The van der Waals surface area contributed by atoms with Gasteiger partial charge < -0.3 is 9.52 Å². The Hall–Kier alpha value is -3.15. The number of carbonyl (C=O) groups excluding carboxylic acids is 2. The Morgan fingerprint density at radius 1 is 1.09 bits per heavy atom. The summed E-state index contributed by atoms with van der Waals surface area (Å²) in [6.45, 7) is 0.00720. The van der Waals surface area contributed by atoms with E-state index >= 15 is 0 Å². The molecular weight excluding hydrogens is 286 g/mol. The molecule has 6 nitrogen and oxygen atoms in total. The molecule has 6 heteroatoms. The first-order valence-corrected chi connectivity index (χ1v) is 6.51. The molecule has 1 aliphatic rings. The first-order valence-electron chi connectivity index (χ1n) is 6.51. The van der Waals surface area contributed by atoms with Crippen LogP contribution in [0.15, 0.2) is 46.9 Å². The molecule has 22 heavy (non-hydrogen) atoms. The minimum atomic E-state index is -1.08. The number of carbonyl (C=O) groups is 3. The van der Waals surface area contributed by atoms with Crippen LogP contribution in [-0.4, -0.2) is 27.8 Å². The molecule has 0 spiro atoms. The van der Waals surface area contributed by atoms with Crippen LogP contribution < -0.4 is 0 Å². The van der Waals surface area contributed by atoms with Crippen LogP contribution in [0.5, 0.6) is 0 Å². The highest BCUT2D eigenvalue weighted by atomic mass is 16.4. The number of rotatable bonds is 4. The maximum Gasteiger partial charge on any atom is 0.328 e. The lowest BCUT2D eigenvalue weighted by Gasteiger charge is -2.11. The van der Waals surface area contributed by atoms with Gasteiger partial charge in [-0.1, -0.05) is 12.1 Å². The summed E-state index contributed by atoms with van der Waals surface area (Å²) in [6.07, 6.45) is 2.25. The van der Waals surface area contributed by atoms with Crippen LogP contribution in [0.1, 0.15) is 32.2 Å². The lowest BCUT2D eigenvalue weighted by atomic mass is 10.1. The molecule has 1 aromatic carbocycles. The Bertz CT molecular complexity index is 767. The van der Waals surface area contributed by atoms with Gasteiger partial charge in [-0.2, -0.15) is 0 Å². The second-order valence-corrected chi connectivity index (χ2v) is 4.72. The quantitative estimate of drug-likeness (QED) is 0.690. The van der Waals surface area contributed by atoms with Crippen LogP contribution in [-0.2, 0) is 11.3 Å². The maximum absolute atomic E-state index is 12.2. The largest absolute Gasteiger partial charge is 0.478 e. The van der Waals surface area contributed by atoms with Crippen molar-refractivity contribution in [1.82, 2.24) is 4.90 Å². The first-order chi connectivity index (χ1) is 10.6. The molecule has 0 unspecified atom stereocenters. The Labute approximate surface area is 125 Å². The van der Waals surface area contributed by atoms with Gasteiger partial charge in [0.05, 0.1) is 17.7 Å². The molecule has 2 aromatic rings. The lowest BCUT2D eigenvalue weighted by molar-refractivity contribution is -0.131. The van der Waals surface area contributed by atoms with E-state index in [9.17, 15) is 14.4 Å². The van der Waals surface area contributed by atoms with Crippen molar-refractivity contribution in [1.29, 1.82) is 0 Å². The van der Waals surface area contributed by atoms with E-state index < -0.39 is 5.97 Å². The van der Waals surface area contributed by atoms with Crippen molar-refractivity contribution >= 4 is 23.9 Å². The first kappa shape index (κ1) is 13.8. The van der Waals surface area contributed by atoms with Crippen molar-refractivity contribution in [3.63, 3.8) is 0 Å². The standard InChI is InChI=1S/C16H11NO5/c18-14(19)8-7-10-5-6-11(22-10)9-17-15(20)12-3-1-2-4-13(12)16(17)21/h1-8H,9H2,(H,18,19)/b8-7+. The van der Waals surface area contributed by atoms with Gasteiger partial charge in [-0.3, -0.25) is 14.5 Å². The number of imide groups is 1. The summed E-state index contributed by atoms with van der Waals surface area (Å²) in [5.41, 5.74) is 0.759. The number of hydrogen-bond acceptors (Lipinski definition) is 4. The molecular formula is C16H11NO5. The smallest absolute Gasteiger partial charge is 0.328 e. The van der Waals surface area contributed by atoms with Gasteiger partial charge in [-0.05, 0) is 30.3 Å². The Balaban J connectivity index is 1.79. The zero-order valence-corrected chi connectivity index (χ0v) is 11.4. The Morgan fingerprint density at radius 3 is 2.32 bits per heavy atom. The SMILES string of the molecule is O=C(O)/C=C/c1ccc(CN2C(=O)c3ccccc3C2=O)o1. The molecule has 110 valence electrons. The average molecular weight is 297 g/mol. The molecule has 2 amide bonds. The van der Waals surface area contributed by atoms with Gasteiger partial charge in [-0.15, -0.1) is 0 Å². The predicted octanol–water partition coefficient (Wildman–Crippen LogP) is 2.17. The van der Waals surface area contributed by atoms with Crippen molar-refractivity contribution in [3.05, 3.63) is 65.1 Å². The van der Waals surface area contributed by atoms with E-state index in [1.54, 1.807) is 36.4 Å². The molecule has 1 aliphatic heterocycles. The van der Waals surface area contributed by atoms with Gasteiger partial charge in [-0.25, -0.2) is 4.79 Å². The highest BCUT2D eigenvalue weighted by Gasteiger charge is 2.35. The normalized spacial score (nSPS) is 13.9. The number of carboxylic acids is 1. The van der Waals surface area contributed by atoms with Crippen molar-refractivity contribution < 1.29 is 23.9 Å². The maximum atomic E-state index is 12.2. The monoisotopic (exact) mass is 297 g/mol. The van der Waals surface area contributed by atoms with Gasteiger partial charge in [0, 0.05) is 6.08 Å². The molecule has 2 heterocycles. The molecule has 3 rings (SSSR count). The highest BCUT2D eigenvalue weighted by Crippen LogP contribution is 2.24. The Kier molecular flexibility index (Phi) is 3.34. The fraction of sp³-hybridized carbons (Fsp3) is 0.0625. The van der Waals surface area contributed by atoms with Gasteiger partial charge in [0.15, 0.2) is 0 Å². The van der Waals surface area contributed by atoms with E-state index in [0.717, 1.165) is 11.0 Å². The minimum absolute atomic E-state index is 0.00720. The van der Waals surface area contributed by atoms with Gasteiger partial charge in [0.2, 0.25) is 0 Å². The third-order valence-electron chi connectivity index (χ3n) is 3.26. The third kappa shape index (κ3) is 2.42. The molecule has 1 N–H and O–H groups in total. The van der Waals surface area contributed by atoms with Crippen LogP contribution in [0.4, 0.5) is 0 Å². The molecule has 0 fully saturated rings. The highest BCUT2D eigenvalue weighted by molar-refractivity contribution is 6.21. The van der Waals surface area contributed by atoms with Crippen molar-refractivity contribution in [2.45, 2.75) is 6.54 Å². The predicted molar refractivity (Wildman–Crippen MR) is 76.0 cm³/mol. The summed E-state index contributed by atoms with van der Waals surface area (Å²) in [5, 5.41) is 8.55. The van der Waals surface area contributed by atoms with Crippen LogP contribution in [0.3, 0.4) is 0 Å². The number of fused-ring (bicyclic) bond motifs is 1. The number of aliphatic carboxylic acids is 1. The number of hydrogen-bond donors (Lipinski definition) is 1. The summed E-state index contributed by atoms with van der Waals surface area (Å²) in [6, 6.07) is 9.81. The third-order valence-corrected chi connectivity index (χ3v) is 3.26. The van der Waals surface area contributed by atoms with Gasteiger partial charge in [0.25, 0.3) is 11.8 Å². The van der Waals surface area contributed by atoms with Crippen LogP contribution in [0.25, 0.3) is 6.08 Å². The molecule has 0 saturated heterocycles. The molecule has 0 radical (unpaired) electrons. The van der Waals surface area contributed by atoms with E-state index in [2.05, 4.69) is 0 Å². The second kappa shape index (κ2) is 5.33. The van der Waals surface area contributed by atoms with Crippen molar-refractivity contribution in [3.8, 4) is 0 Å². The van der Waals surface area contributed by atoms with Gasteiger partial charge >= 0.3 is 5.97 Å². The van der Waals surface area contributed by atoms with Crippen LogP contribution in [0.2, 0.25) is 0 Å². The van der Waals surface area contributed by atoms with E-state index in [0.29, 0.717) is 22.6 Å². The molecule has 0 bridgehead atoms. The summed E-state index contributed by atoms with van der Waals surface area (Å²) in [5.74, 6) is -1.06. The number of furan rings is 1. The lowest BCUT2D eigenvalue weighted by Crippen LogP contribution is -2.28. The van der Waals surface area contributed by atoms with Crippen LogP contribution >= 0.6 is 0 Å². The van der Waals surface area contributed by atoms with E-state index in [4.69, 9.17) is 9.52 Å². The van der Waals surface area contributed by atoms with E-state index in [1.807, 2.05) is 0 Å². The number of benzene rings is 1. The molecule has 0 aliphatic carbocycles. The zero-order valence-electron chi connectivity index (χ0n) is 11.4. The summed E-state index contributed by atoms with van der Waals surface area (Å²) in [7, 11) is 0. The molecule has 0 saturated carbocycles. The molecule has 0 atom stereocenters. The summed E-state index contributed by atoms with van der Waals surface area (Å²) in [4.78, 5) is 36.0. The Morgan fingerprint density at radius 2 is 1.73 bits per heavy atom. The number of amides is 2. The zero-order chi connectivity index (χ0) is 15.7. The van der Waals surface area contributed by atoms with Crippen LogP contribution in [0, 0.1) is 0 Å². The van der Waals surface area contributed by atoms with Crippen molar-refractivity contribution in [2.24, 2.45) is 0 Å². The summed E-state index contributed by atoms with van der Waals surface area (Å²) >= 11 is 0. The topological polar surface area (TPSA) is 87.8 Å².